The second kappa shape index (κ2) is 5.15. The van der Waals surface area contributed by atoms with E-state index in [0.717, 1.165) is 19.3 Å². The standard InChI is InChI=1S/C11H20O/c1-5-8-10(12)11(4,7-3)9-6-2/h6-7,10,12H,2-3,5,8-9H2,1,4H3. The first-order valence-corrected chi connectivity index (χ1v) is 4.53. The van der Waals surface area contributed by atoms with Gasteiger partial charge in [0.25, 0.3) is 0 Å². The van der Waals surface area contributed by atoms with Crippen molar-refractivity contribution in [1.82, 2.24) is 0 Å². The van der Waals surface area contributed by atoms with Crippen molar-refractivity contribution >= 4 is 0 Å². The number of allylic oxidation sites excluding steroid dienone is 1. The Morgan fingerprint density at radius 1 is 1.50 bits per heavy atom. The summed E-state index contributed by atoms with van der Waals surface area (Å²) in [4.78, 5) is 0. The van der Waals surface area contributed by atoms with Crippen LogP contribution in [0.25, 0.3) is 0 Å². The molecule has 0 heterocycles. The first-order chi connectivity index (χ1) is 5.60. The molecule has 1 N–H and O–H groups in total. The van der Waals surface area contributed by atoms with Gasteiger partial charge in [0.05, 0.1) is 6.10 Å². The molecule has 0 aliphatic heterocycles. The van der Waals surface area contributed by atoms with Gasteiger partial charge in [0.2, 0.25) is 0 Å². The molecule has 0 aliphatic rings. The van der Waals surface area contributed by atoms with Crippen LogP contribution in [0.3, 0.4) is 0 Å². The summed E-state index contributed by atoms with van der Waals surface area (Å²) < 4.78 is 0. The lowest BCUT2D eigenvalue weighted by Crippen LogP contribution is -2.29. The molecular weight excluding hydrogens is 148 g/mol. The average molecular weight is 168 g/mol. The number of aliphatic hydroxyl groups excluding tert-OH is 1. The molecule has 0 aromatic rings. The van der Waals surface area contributed by atoms with Crippen molar-refractivity contribution in [1.29, 1.82) is 0 Å². The third kappa shape index (κ3) is 2.82. The fourth-order valence-electron chi connectivity index (χ4n) is 1.27. The van der Waals surface area contributed by atoms with E-state index in [4.69, 9.17) is 0 Å². The van der Waals surface area contributed by atoms with Crippen LogP contribution in [0.2, 0.25) is 0 Å². The fraction of sp³-hybridized carbons (Fsp3) is 0.636. The lowest BCUT2D eigenvalue weighted by atomic mass is 9.79. The van der Waals surface area contributed by atoms with Crippen molar-refractivity contribution in [2.75, 3.05) is 0 Å². The van der Waals surface area contributed by atoms with Gasteiger partial charge in [-0.2, -0.15) is 0 Å². The third-order valence-corrected chi connectivity index (χ3v) is 2.37. The summed E-state index contributed by atoms with van der Waals surface area (Å²) in [7, 11) is 0. The van der Waals surface area contributed by atoms with Crippen LogP contribution in [0, 0.1) is 5.41 Å². The Hall–Kier alpha value is -0.560. The highest BCUT2D eigenvalue weighted by molar-refractivity contribution is 5.00. The molecule has 1 heteroatoms. The van der Waals surface area contributed by atoms with Crippen LogP contribution in [0.15, 0.2) is 25.3 Å². The third-order valence-electron chi connectivity index (χ3n) is 2.37. The van der Waals surface area contributed by atoms with Gasteiger partial charge in [-0.05, 0) is 12.8 Å². The van der Waals surface area contributed by atoms with E-state index in [-0.39, 0.29) is 11.5 Å². The predicted octanol–water partition coefficient (Wildman–Crippen LogP) is 2.92. The SMILES string of the molecule is C=CCC(C)(C=C)C(O)CCC. The molecule has 12 heavy (non-hydrogen) atoms. The van der Waals surface area contributed by atoms with Gasteiger partial charge >= 0.3 is 0 Å². The summed E-state index contributed by atoms with van der Waals surface area (Å²) >= 11 is 0. The Morgan fingerprint density at radius 2 is 2.08 bits per heavy atom. The molecule has 0 rings (SSSR count). The van der Waals surface area contributed by atoms with Crippen LogP contribution >= 0.6 is 0 Å². The van der Waals surface area contributed by atoms with Crippen molar-refractivity contribution in [2.45, 2.75) is 39.2 Å². The molecule has 0 aromatic carbocycles. The van der Waals surface area contributed by atoms with Gasteiger partial charge in [-0.25, -0.2) is 0 Å². The molecule has 2 unspecified atom stereocenters. The topological polar surface area (TPSA) is 20.2 Å². The molecule has 0 spiro atoms. The Bertz CT molecular complexity index is 151. The highest BCUT2D eigenvalue weighted by Crippen LogP contribution is 2.30. The van der Waals surface area contributed by atoms with Crippen molar-refractivity contribution in [3.63, 3.8) is 0 Å². The Morgan fingerprint density at radius 3 is 2.42 bits per heavy atom. The van der Waals surface area contributed by atoms with E-state index < -0.39 is 0 Å². The van der Waals surface area contributed by atoms with Gasteiger partial charge in [-0.3, -0.25) is 0 Å². The summed E-state index contributed by atoms with van der Waals surface area (Å²) in [6, 6.07) is 0. The van der Waals surface area contributed by atoms with Gasteiger partial charge in [-0.1, -0.05) is 32.4 Å². The van der Waals surface area contributed by atoms with Gasteiger partial charge in [0.1, 0.15) is 0 Å². The van der Waals surface area contributed by atoms with Gasteiger partial charge in [-0.15, -0.1) is 13.2 Å². The number of hydrogen-bond acceptors (Lipinski definition) is 1. The zero-order valence-corrected chi connectivity index (χ0v) is 8.21. The number of aliphatic hydroxyl groups is 1. The Labute approximate surface area is 75.8 Å². The minimum Gasteiger partial charge on any atom is -0.392 e. The molecular formula is C11H20O. The summed E-state index contributed by atoms with van der Waals surface area (Å²) in [5.74, 6) is 0. The van der Waals surface area contributed by atoms with Crippen LogP contribution in [0.5, 0.6) is 0 Å². The molecule has 0 saturated heterocycles. The van der Waals surface area contributed by atoms with Crippen LogP contribution < -0.4 is 0 Å². The van der Waals surface area contributed by atoms with Gasteiger partial charge < -0.3 is 5.11 Å². The van der Waals surface area contributed by atoms with Crippen molar-refractivity contribution in [2.24, 2.45) is 5.41 Å². The Kier molecular flexibility index (Phi) is 4.91. The molecule has 0 saturated carbocycles. The van der Waals surface area contributed by atoms with Gasteiger partial charge in [0, 0.05) is 5.41 Å². The van der Waals surface area contributed by atoms with Crippen molar-refractivity contribution < 1.29 is 5.11 Å². The van der Waals surface area contributed by atoms with Crippen molar-refractivity contribution in [3.05, 3.63) is 25.3 Å². The quantitative estimate of drug-likeness (QED) is 0.605. The lowest BCUT2D eigenvalue weighted by Gasteiger charge is -2.30. The van der Waals surface area contributed by atoms with Crippen LogP contribution in [0.4, 0.5) is 0 Å². The molecule has 70 valence electrons. The molecule has 0 aromatic heterocycles. The van der Waals surface area contributed by atoms with E-state index in [1.807, 2.05) is 19.1 Å². The van der Waals surface area contributed by atoms with E-state index in [9.17, 15) is 5.11 Å². The van der Waals surface area contributed by atoms with E-state index in [1.165, 1.54) is 0 Å². The molecule has 0 bridgehead atoms. The predicted molar refractivity (Wildman–Crippen MR) is 54.0 cm³/mol. The average Bonchev–Trinajstić information content (AvgIpc) is 2.05. The lowest BCUT2D eigenvalue weighted by molar-refractivity contribution is 0.0638. The van der Waals surface area contributed by atoms with Crippen LogP contribution in [-0.4, -0.2) is 11.2 Å². The van der Waals surface area contributed by atoms with E-state index in [1.54, 1.807) is 0 Å². The minimum atomic E-state index is -0.294. The first kappa shape index (κ1) is 11.4. The number of rotatable bonds is 6. The normalized spacial score (nSPS) is 17.9. The van der Waals surface area contributed by atoms with Crippen LogP contribution in [-0.2, 0) is 0 Å². The molecule has 0 fully saturated rings. The maximum atomic E-state index is 9.78. The van der Waals surface area contributed by atoms with E-state index in [0.29, 0.717) is 0 Å². The summed E-state index contributed by atoms with van der Waals surface area (Å²) in [5.41, 5.74) is -0.197. The minimum absolute atomic E-state index is 0.197. The number of hydrogen-bond donors (Lipinski definition) is 1. The molecule has 0 radical (unpaired) electrons. The monoisotopic (exact) mass is 168 g/mol. The van der Waals surface area contributed by atoms with Gasteiger partial charge in [0.15, 0.2) is 0 Å². The van der Waals surface area contributed by atoms with Crippen LogP contribution in [0.1, 0.15) is 33.1 Å². The molecule has 2 atom stereocenters. The second-order valence-corrected chi connectivity index (χ2v) is 3.51. The maximum absolute atomic E-state index is 9.78. The largest absolute Gasteiger partial charge is 0.392 e. The summed E-state index contributed by atoms with van der Waals surface area (Å²) in [6.45, 7) is 11.5. The fourth-order valence-corrected chi connectivity index (χ4v) is 1.27. The molecule has 0 aliphatic carbocycles. The zero-order valence-electron chi connectivity index (χ0n) is 8.21. The van der Waals surface area contributed by atoms with E-state index in [2.05, 4.69) is 20.1 Å². The highest BCUT2D eigenvalue weighted by atomic mass is 16.3. The molecule has 0 amide bonds. The zero-order chi connectivity index (χ0) is 9.61. The van der Waals surface area contributed by atoms with Crippen molar-refractivity contribution in [3.8, 4) is 0 Å². The second-order valence-electron chi connectivity index (χ2n) is 3.51. The summed E-state index contributed by atoms with van der Waals surface area (Å²) in [6.07, 6.45) is 5.99. The summed E-state index contributed by atoms with van der Waals surface area (Å²) in [5, 5.41) is 9.78. The maximum Gasteiger partial charge on any atom is 0.0631 e. The Balaban J connectivity index is 4.27. The first-order valence-electron chi connectivity index (χ1n) is 4.53. The van der Waals surface area contributed by atoms with E-state index >= 15 is 0 Å². The molecule has 1 nitrogen and oxygen atoms in total. The smallest absolute Gasteiger partial charge is 0.0631 e. The highest BCUT2D eigenvalue weighted by Gasteiger charge is 2.27.